The monoisotopic (exact) mass is 418 g/mol. The van der Waals surface area contributed by atoms with Gasteiger partial charge in [0.25, 0.3) is 5.91 Å². The number of para-hydroxylation sites is 2. The fraction of sp³-hybridized carbons (Fsp3) is 0.0455. The second-order valence-corrected chi connectivity index (χ2v) is 8.35. The van der Waals surface area contributed by atoms with Crippen LogP contribution in [0.2, 0.25) is 0 Å². The van der Waals surface area contributed by atoms with E-state index in [0.717, 1.165) is 31.4 Å². The normalized spacial score (nSPS) is 12.3. The zero-order valence-electron chi connectivity index (χ0n) is 15.1. The first kappa shape index (κ1) is 17.9. The van der Waals surface area contributed by atoms with Crippen LogP contribution in [0.15, 0.2) is 82.0 Å². The van der Waals surface area contributed by atoms with Crippen LogP contribution in [0.25, 0.3) is 10.2 Å². The van der Waals surface area contributed by atoms with Crippen molar-refractivity contribution in [3.63, 3.8) is 0 Å². The van der Waals surface area contributed by atoms with Crippen LogP contribution < -0.4 is 4.90 Å². The van der Waals surface area contributed by atoms with Gasteiger partial charge in [0, 0.05) is 9.79 Å². The van der Waals surface area contributed by atoms with Crippen molar-refractivity contribution in [2.45, 2.75) is 9.79 Å². The number of aromatic nitrogens is 1. The summed E-state index contributed by atoms with van der Waals surface area (Å²) < 4.78 is 6.25. The molecular weight excluding hydrogens is 404 g/mol. The molecule has 1 aromatic heterocycles. The average molecular weight is 418 g/mol. The van der Waals surface area contributed by atoms with E-state index < -0.39 is 5.97 Å². The second kappa shape index (κ2) is 7.35. The number of hydrogen-bond donors (Lipinski definition) is 0. The number of fused-ring (bicyclic) bond motifs is 3. The van der Waals surface area contributed by atoms with Gasteiger partial charge in [-0.1, -0.05) is 36.0 Å². The van der Waals surface area contributed by atoms with Gasteiger partial charge in [-0.05, 0) is 42.5 Å². The number of carbonyl (C=O) groups excluding carboxylic acids is 2. The molecule has 0 N–H and O–H groups in total. The van der Waals surface area contributed by atoms with Gasteiger partial charge < -0.3 is 4.74 Å². The van der Waals surface area contributed by atoms with Gasteiger partial charge in [-0.2, -0.15) is 0 Å². The number of amides is 1. The van der Waals surface area contributed by atoms with Crippen LogP contribution in [0.5, 0.6) is 0 Å². The topological polar surface area (TPSA) is 59.5 Å². The number of nitrogens with zero attached hydrogens (tertiary/aromatic N) is 2. The highest BCUT2D eigenvalue weighted by Crippen LogP contribution is 2.47. The first-order valence-corrected chi connectivity index (χ1v) is 10.6. The van der Waals surface area contributed by atoms with E-state index in [-0.39, 0.29) is 12.5 Å². The number of anilines is 2. The minimum atomic E-state index is -0.526. The van der Waals surface area contributed by atoms with E-state index in [1.807, 2.05) is 48.5 Å². The van der Waals surface area contributed by atoms with Crippen LogP contribution in [0.4, 0.5) is 11.4 Å². The Balaban J connectivity index is 1.39. The van der Waals surface area contributed by atoms with E-state index in [1.165, 1.54) is 11.3 Å². The van der Waals surface area contributed by atoms with Crippen molar-refractivity contribution in [1.29, 1.82) is 0 Å². The summed E-state index contributed by atoms with van der Waals surface area (Å²) in [6, 6.07) is 20.6. The third-order valence-electron chi connectivity index (χ3n) is 4.58. The average Bonchev–Trinajstić information content (AvgIpc) is 3.23. The lowest BCUT2D eigenvalue weighted by molar-refractivity contribution is -0.121. The number of rotatable bonds is 3. The molecule has 2 heterocycles. The van der Waals surface area contributed by atoms with Crippen molar-refractivity contribution in [3.8, 4) is 0 Å². The van der Waals surface area contributed by atoms with Crippen LogP contribution in [0, 0.1) is 0 Å². The summed E-state index contributed by atoms with van der Waals surface area (Å²) in [6.07, 6.45) is 0. The number of ether oxygens (including phenoxy) is 1. The molecule has 5 nitrogen and oxygen atoms in total. The highest BCUT2D eigenvalue weighted by Gasteiger charge is 2.28. The smallest absolute Gasteiger partial charge is 0.338 e. The summed E-state index contributed by atoms with van der Waals surface area (Å²) in [5, 5.41) is 0. The number of carbonyl (C=O) groups is 2. The van der Waals surface area contributed by atoms with Crippen molar-refractivity contribution < 1.29 is 14.3 Å². The Hall–Kier alpha value is -3.16. The Bertz CT molecular complexity index is 1210. The summed E-state index contributed by atoms with van der Waals surface area (Å²) in [4.78, 5) is 33.3. The van der Waals surface area contributed by atoms with Crippen molar-refractivity contribution in [3.05, 3.63) is 77.8 Å². The van der Waals surface area contributed by atoms with Gasteiger partial charge >= 0.3 is 5.97 Å². The molecule has 1 aliphatic rings. The largest absolute Gasteiger partial charge is 0.452 e. The van der Waals surface area contributed by atoms with Gasteiger partial charge in [-0.15, -0.1) is 11.3 Å². The van der Waals surface area contributed by atoms with Gasteiger partial charge in [-0.25, -0.2) is 9.78 Å². The molecule has 0 unspecified atom stereocenters. The molecule has 1 aliphatic heterocycles. The number of esters is 1. The van der Waals surface area contributed by atoms with E-state index in [2.05, 4.69) is 4.98 Å². The summed E-state index contributed by atoms with van der Waals surface area (Å²) >= 11 is 3.07. The Kier molecular flexibility index (Phi) is 4.54. The van der Waals surface area contributed by atoms with E-state index in [1.54, 1.807) is 40.4 Å². The van der Waals surface area contributed by atoms with Crippen LogP contribution in [-0.2, 0) is 9.53 Å². The number of benzene rings is 3. The summed E-state index contributed by atoms with van der Waals surface area (Å²) in [6.45, 7) is -0.340. The van der Waals surface area contributed by atoms with Gasteiger partial charge in [0.1, 0.15) is 0 Å². The summed E-state index contributed by atoms with van der Waals surface area (Å²) in [5.74, 6) is -0.820. The molecule has 0 radical (unpaired) electrons. The van der Waals surface area contributed by atoms with Crippen molar-refractivity contribution in [1.82, 2.24) is 4.98 Å². The third kappa shape index (κ3) is 3.28. The van der Waals surface area contributed by atoms with Crippen LogP contribution >= 0.6 is 23.1 Å². The van der Waals surface area contributed by atoms with Crippen LogP contribution in [0.1, 0.15) is 10.4 Å². The number of hydrogen-bond acceptors (Lipinski definition) is 6. The van der Waals surface area contributed by atoms with Gasteiger partial charge in [0.05, 0.1) is 32.7 Å². The molecule has 0 fully saturated rings. The molecule has 142 valence electrons. The number of thiazole rings is 1. The predicted molar refractivity (Wildman–Crippen MR) is 114 cm³/mol. The molecule has 4 aromatic rings. The minimum Gasteiger partial charge on any atom is -0.452 e. The van der Waals surface area contributed by atoms with Crippen molar-refractivity contribution in [2.75, 3.05) is 11.5 Å². The second-order valence-electron chi connectivity index (χ2n) is 6.38. The van der Waals surface area contributed by atoms with E-state index >= 15 is 0 Å². The zero-order chi connectivity index (χ0) is 19.8. The Morgan fingerprint density at radius 3 is 2.34 bits per heavy atom. The zero-order valence-corrected chi connectivity index (χ0v) is 16.7. The highest BCUT2D eigenvalue weighted by molar-refractivity contribution is 7.99. The molecule has 0 atom stereocenters. The predicted octanol–water partition coefficient (Wildman–Crippen LogP) is 5.28. The molecule has 0 saturated heterocycles. The molecule has 0 aliphatic carbocycles. The van der Waals surface area contributed by atoms with Crippen LogP contribution in [-0.4, -0.2) is 23.5 Å². The molecule has 0 bridgehead atoms. The molecule has 7 heteroatoms. The highest BCUT2D eigenvalue weighted by atomic mass is 32.2. The lowest BCUT2D eigenvalue weighted by Gasteiger charge is -2.30. The molecule has 5 rings (SSSR count). The van der Waals surface area contributed by atoms with Gasteiger partial charge in [0.15, 0.2) is 6.61 Å². The maximum absolute atomic E-state index is 13.1. The Morgan fingerprint density at radius 1 is 0.931 bits per heavy atom. The maximum Gasteiger partial charge on any atom is 0.338 e. The molecule has 29 heavy (non-hydrogen) atoms. The molecule has 3 aromatic carbocycles. The van der Waals surface area contributed by atoms with Gasteiger partial charge in [-0.3, -0.25) is 9.69 Å². The van der Waals surface area contributed by atoms with E-state index in [0.29, 0.717) is 5.56 Å². The Labute approximate surface area is 174 Å². The summed E-state index contributed by atoms with van der Waals surface area (Å²) in [5.41, 5.74) is 4.56. The Morgan fingerprint density at radius 2 is 1.62 bits per heavy atom. The fourth-order valence-electron chi connectivity index (χ4n) is 3.23. The molecule has 1 amide bonds. The van der Waals surface area contributed by atoms with Crippen LogP contribution in [0.3, 0.4) is 0 Å². The van der Waals surface area contributed by atoms with Crippen molar-refractivity contribution in [2.24, 2.45) is 0 Å². The lowest BCUT2D eigenvalue weighted by atomic mass is 10.2. The van der Waals surface area contributed by atoms with E-state index in [4.69, 9.17) is 4.74 Å². The van der Waals surface area contributed by atoms with E-state index in [9.17, 15) is 9.59 Å². The molecule has 0 spiro atoms. The maximum atomic E-state index is 13.1. The summed E-state index contributed by atoms with van der Waals surface area (Å²) in [7, 11) is 0. The first-order valence-electron chi connectivity index (χ1n) is 8.90. The molecular formula is C22H14N2O3S2. The fourth-order valence-corrected chi connectivity index (χ4v) is 5.00. The van der Waals surface area contributed by atoms with Gasteiger partial charge in [0.2, 0.25) is 0 Å². The quantitative estimate of drug-likeness (QED) is 0.424. The third-order valence-corrected chi connectivity index (χ3v) is 6.50. The standard InChI is InChI=1S/C22H14N2O3S2/c25-21(12-27-22(26)14-9-10-15-20(11-14)28-13-23-15)24-16-5-1-3-7-18(16)29-19-8-4-2-6-17(19)24/h1-11,13H,12H2. The minimum absolute atomic E-state index is 0.294. The molecule has 0 saturated carbocycles. The SMILES string of the molecule is O=C(OCC(=O)N1c2ccccc2Sc2ccccc21)c1ccc2ncsc2c1. The first-order chi connectivity index (χ1) is 14.2. The lowest BCUT2D eigenvalue weighted by Crippen LogP contribution is -2.32. The van der Waals surface area contributed by atoms with Crippen molar-refractivity contribution >= 4 is 56.6 Å².